The fourth-order valence-corrected chi connectivity index (χ4v) is 3.80. The van der Waals surface area contributed by atoms with Crippen LogP contribution in [0.3, 0.4) is 0 Å². The fourth-order valence-electron chi connectivity index (χ4n) is 3.80. The second kappa shape index (κ2) is 10.7. The van der Waals surface area contributed by atoms with Crippen molar-refractivity contribution in [2.45, 2.75) is 19.0 Å². The summed E-state index contributed by atoms with van der Waals surface area (Å²) < 4.78 is 12.1. The molecule has 3 aromatic heterocycles. The van der Waals surface area contributed by atoms with Gasteiger partial charge in [-0.05, 0) is 23.8 Å². The van der Waals surface area contributed by atoms with Crippen molar-refractivity contribution in [3.8, 4) is 11.8 Å². The number of nitrogens with zero attached hydrogens (tertiary/aromatic N) is 4. The molecule has 0 bridgehead atoms. The van der Waals surface area contributed by atoms with Crippen molar-refractivity contribution >= 4 is 28.5 Å². The molecule has 0 saturated carbocycles. The number of benzene rings is 1. The molecule has 1 aromatic carbocycles. The topological polar surface area (TPSA) is 98.6 Å². The van der Waals surface area contributed by atoms with Gasteiger partial charge in [-0.25, -0.2) is 9.97 Å². The van der Waals surface area contributed by atoms with Crippen LogP contribution in [0, 0.1) is 0 Å². The number of carbonyl (C=O) groups excluding carboxylic acids is 2. The van der Waals surface area contributed by atoms with E-state index in [0.717, 1.165) is 16.6 Å². The number of pyridine rings is 2. The Kier molecular flexibility index (Phi) is 7.25. The number of methoxy groups -OCH3 is 2. The number of carbonyl (C=O) groups is 2. The quantitative estimate of drug-likeness (QED) is 0.401. The molecule has 3 heterocycles. The first kappa shape index (κ1) is 23.7. The average molecular weight is 474 g/mol. The number of hydrogen-bond acceptors (Lipinski definition) is 6. The van der Waals surface area contributed by atoms with Crippen molar-refractivity contribution in [1.82, 2.24) is 19.9 Å². The van der Waals surface area contributed by atoms with Gasteiger partial charge >= 0.3 is 0 Å². The van der Waals surface area contributed by atoms with Crippen LogP contribution in [0.5, 0.6) is 11.8 Å². The smallest absolute Gasteiger partial charge is 0.249 e. The minimum absolute atomic E-state index is 0.0455. The van der Waals surface area contributed by atoms with Gasteiger partial charge < -0.3 is 24.3 Å². The van der Waals surface area contributed by atoms with Crippen LogP contribution in [0.1, 0.15) is 5.56 Å². The van der Waals surface area contributed by atoms with Crippen LogP contribution < -0.4 is 19.7 Å². The highest BCUT2D eigenvalue weighted by Crippen LogP contribution is 2.19. The lowest BCUT2D eigenvalue weighted by Gasteiger charge is -2.25. The molecule has 1 N–H and O–H groups in total. The average Bonchev–Trinajstić information content (AvgIpc) is 3.29. The third-order valence-electron chi connectivity index (χ3n) is 5.69. The maximum absolute atomic E-state index is 13.4. The van der Waals surface area contributed by atoms with Gasteiger partial charge in [-0.1, -0.05) is 30.3 Å². The number of rotatable bonds is 9. The van der Waals surface area contributed by atoms with Crippen molar-refractivity contribution in [3.05, 3.63) is 78.6 Å². The predicted octanol–water partition coefficient (Wildman–Crippen LogP) is 2.84. The van der Waals surface area contributed by atoms with Gasteiger partial charge in [-0.3, -0.25) is 9.59 Å². The molecule has 0 fully saturated rings. The summed E-state index contributed by atoms with van der Waals surface area (Å²) >= 11 is 0. The van der Waals surface area contributed by atoms with Gasteiger partial charge in [0.15, 0.2) is 0 Å². The lowest BCUT2D eigenvalue weighted by atomic mass is 10.0. The molecule has 9 heteroatoms. The van der Waals surface area contributed by atoms with E-state index in [1.165, 1.54) is 12.0 Å². The highest BCUT2D eigenvalue weighted by atomic mass is 16.5. The molecule has 4 aromatic rings. The van der Waals surface area contributed by atoms with Gasteiger partial charge in [-0.15, -0.1) is 0 Å². The Morgan fingerprint density at radius 1 is 1.00 bits per heavy atom. The Hall–Kier alpha value is -4.40. The number of nitrogens with one attached hydrogen (secondary N) is 1. The molecule has 0 aliphatic heterocycles. The van der Waals surface area contributed by atoms with E-state index in [0.29, 0.717) is 23.9 Å². The third-order valence-corrected chi connectivity index (χ3v) is 5.69. The summed E-state index contributed by atoms with van der Waals surface area (Å²) in [4.78, 5) is 36.5. The number of amides is 2. The number of ether oxygens (including phenoxy) is 2. The molecule has 180 valence electrons. The first-order chi connectivity index (χ1) is 17.0. The van der Waals surface area contributed by atoms with Crippen LogP contribution in [-0.2, 0) is 22.6 Å². The van der Waals surface area contributed by atoms with Crippen LogP contribution >= 0.6 is 0 Å². The maximum atomic E-state index is 13.4. The van der Waals surface area contributed by atoms with Crippen molar-refractivity contribution in [3.63, 3.8) is 0 Å². The van der Waals surface area contributed by atoms with Gasteiger partial charge in [0.05, 0.1) is 37.1 Å². The van der Waals surface area contributed by atoms with Gasteiger partial charge in [0.2, 0.25) is 23.6 Å². The van der Waals surface area contributed by atoms with Gasteiger partial charge in [0.1, 0.15) is 12.6 Å². The van der Waals surface area contributed by atoms with Crippen LogP contribution in [-0.4, -0.2) is 53.7 Å². The molecule has 2 amide bonds. The number of aromatic nitrogens is 3. The van der Waals surface area contributed by atoms with Crippen LogP contribution in [0.4, 0.5) is 5.69 Å². The Bertz CT molecular complexity index is 1300. The first-order valence-electron chi connectivity index (χ1n) is 11.1. The molecular weight excluding hydrogens is 446 g/mol. The zero-order valence-corrected chi connectivity index (χ0v) is 19.8. The summed E-state index contributed by atoms with van der Waals surface area (Å²) in [6.07, 6.45) is 3.70. The van der Waals surface area contributed by atoms with Crippen LogP contribution in [0.25, 0.3) is 11.0 Å². The standard InChI is InChI=1S/C26H27N5O4/c1-30(19-9-11-24(34-2)27-16-19)26(33)21(15-18-7-5-4-6-8-18)28-23(32)17-31-14-13-20-22(31)10-12-25(29-20)35-3/h4-14,16,21H,15,17H2,1-3H3,(H,28,32). The number of likely N-dealkylation sites (N-methyl/N-ethyl adjacent to an activating group) is 1. The van der Waals surface area contributed by atoms with E-state index in [4.69, 9.17) is 9.47 Å². The van der Waals surface area contributed by atoms with E-state index in [1.54, 1.807) is 49.3 Å². The van der Waals surface area contributed by atoms with Crippen molar-refractivity contribution < 1.29 is 19.1 Å². The summed E-state index contributed by atoms with van der Waals surface area (Å²) in [5.41, 5.74) is 3.06. The van der Waals surface area contributed by atoms with E-state index in [2.05, 4.69) is 15.3 Å². The van der Waals surface area contributed by atoms with Crippen molar-refractivity contribution in [2.75, 3.05) is 26.2 Å². The Balaban J connectivity index is 1.53. The maximum Gasteiger partial charge on any atom is 0.249 e. The zero-order chi connectivity index (χ0) is 24.8. The molecular formula is C26H27N5O4. The van der Waals surface area contributed by atoms with Gasteiger partial charge in [-0.2, -0.15) is 0 Å². The Morgan fingerprint density at radius 2 is 1.74 bits per heavy atom. The molecule has 0 aliphatic carbocycles. The molecule has 1 unspecified atom stereocenters. The van der Waals surface area contributed by atoms with E-state index >= 15 is 0 Å². The highest BCUT2D eigenvalue weighted by molar-refractivity contribution is 5.99. The second-order valence-corrected chi connectivity index (χ2v) is 7.97. The van der Waals surface area contributed by atoms with Gasteiger partial charge in [0.25, 0.3) is 0 Å². The first-order valence-corrected chi connectivity index (χ1v) is 11.1. The minimum Gasteiger partial charge on any atom is -0.481 e. The number of anilines is 1. The summed E-state index contributed by atoms with van der Waals surface area (Å²) in [6.45, 7) is 0.0455. The summed E-state index contributed by atoms with van der Waals surface area (Å²) in [6, 6.07) is 17.7. The Morgan fingerprint density at radius 3 is 2.43 bits per heavy atom. The number of fused-ring (bicyclic) bond motifs is 1. The largest absolute Gasteiger partial charge is 0.481 e. The third kappa shape index (κ3) is 5.57. The monoisotopic (exact) mass is 473 g/mol. The molecule has 9 nitrogen and oxygen atoms in total. The summed E-state index contributed by atoms with van der Waals surface area (Å²) in [7, 11) is 4.75. The Labute approximate surface area is 203 Å². The minimum atomic E-state index is -0.767. The van der Waals surface area contributed by atoms with E-state index in [-0.39, 0.29) is 18.4 Å². The van der Waals surface area contributed by atoms with Gasteiger partial charge in [0, 0.05) is 31.8 Å². The van der Waals surface area contributed by atoms with Crippen molar-refractivity contribution in [2.24, 2.45) is 0 Å². The second-order valence-electron chi connectivity index (χ2n) is 7.97. The summed E-state index contributed by atoms with van der Waals surface area (Å²) in [5.74, 6) is 0.422. The van der Waals surface area contributed by atoms with E-state index < -0.39 is 6.04 Å². The molecule has 0 radical (unpaired) electrons. The lowest BCUT2D eigenvalue weighted by Crippen LogP contribution is -2.49. The van der Waals surface area contributed by atoms with E-state index in [9.17, 15) is 9.59 Å². The molecule has 1 atom stereocenters. The lowest BCUT2D eigenvalue weighted by molar-refractivity contribution is -0.127. The number of hydrogen-bond donors (Lipinski definition) is 1. The molecule has 0 spiro atoms. The summed E-state index contributed by atoms with van der Waals surface area (Å²) in [5, 5.41) is 2.92. The van der Waals surface area contributed by atoms with Crippen LogP contribution in [0.15, 0.2) is 73.1 Å². The predicted molar refractivity (Wildman–Crippen MR) is 133 cm³/mol. The fraction of sp³-hybridized carbons (Fsp3) is 0.231. The normalized spacial score (nSPS) is 11.6. The molecule has 35 heavy (non-hydrogen) atoms. The molecule has 4 rings (SSSR count). The highest BCUT2D eigenvalue weighted by Gasteiger charge is 2.26. The van der Waals surface area contributed by atoms with Crippen LogP contribution in [0.2, 0.25) is 0 Å². The van der Waals surface area contributed by atoms with Crippen molar-refractivity contribution in [1.29, 1.82) is 0 Å². The zero-order valence-electron chi connectivity index (χ0n) is 19.8. The molecule has 0 aliphatic rings. The van der Waals surface area contributed by atoms with E-state index in [1.807, 2.05) is 42.5 Å². The SMILES string of the molecule is COc1ccc(N(C)C(=O)C(Cc2ccccc2)NC(=O)Cn2ccc3nc(OC)ccc32)cn1. The molecule has 0 saturated heterocycles.